The maximum Gasteiger partial charge on any atom is 0.267 e. The molecule has 3 aromatic carbocycles. The van der Waals surface area contributed by atoms with Gasteiger partial charge in [-0.15, -0.1) is 4.83 Å². The van der Waals surface area contributed by atoms with E-state index in [1.54, 1.807) is 36.4 Å². The highest BCUT2D eigenvalue weighted by Gasteiger charge is 2.18. The van der Waals surface area contributed by atoms with E-state index in [0.717, 1.165) is 5.56 Å². The molecule has 0 unspecified atom stereocenters. The van der Waals surface area contributed by atoms with Gasteiger partial charge < -0.3 is 0 Å². The smallest absolute Gasteiger partial charge is 0.267 e. The zero-order valence-electron chi connectivity index (χ0n) is 15.2. The minimum Gasteiger partial charge on any atom is -0.273 e. The first-order chi connectivity index (χ1) is 14.0. The van der Waals surface area contributed by atoms with Gasteiger partial charge >= 0.3 is 0 Å². The predicted molar refractivity (Wildman–Crippen MR) is 111 cm³/mol. The Hall–Kier alpha value is -3.55. The number of hydrogen-bond donors (Lipinski definition) is 2. The fourth-order valence-electron chi connectivity index (χ4n) is 2.96. The molecule has 0 aliphatic carbocycles. The normalized spacial score (nSPS) is 11.3. The molecule has 0 fully saturated rings. The van der Waals surface area contributed by atoms with Crippen molar-refractivity contribution in [3.63, 3.8) is 0 Å². The Kier molecular flexibility index (Phi) is 5.07. The number of amides is 1. The van der Waals surface area contributed by atoms with Crippen LogP contribution in [0.3, 0.4) is 0 Å². The molecular weight excluding hydrogens is 386 g/mol. The van der Waals surface area contributed by atoms with E-state index in [1.807, 2.05) is 42.5 Å². The predicted octanol–water partition coefficient (Wildman–Crippen LogP) is 3.53. The highest BCUT2D eigenvalue weighted by atomic mass is 32.2. The summed E-state index contributed by atoms with van der Waals surface area (Å²) in [6, 6.07) is 26.2. The van der Waals surface area contributed by atoms with E-state index in [2.05, 4.69) is 15.2 Å². The third-order valence-corrected chi connectivity index (χ3v) is 5.65. The number of carbonyl (C=O) groups excluding carboxylic acids is 1. The summed E-state index contributed by atoms with van der Waals surface area (Å²) in [6.45, 7) is 0. The molecular formula is C22H17N3O3S. The summed E-state index contributed by atoms with van der Waals surface area (Å²) < 4.78 is 24.8. The molecule has 144 valence electrons. The van der Waals surface area contributed by atoms with E-state index in [4.69, 9.17) is 0 Å². The molecule has 7 heteroatoms. The standard InChI is InChI=1S/C22H17N3O3S/c26-22(24-25-29(27,28)17-11-5-2-6-12-17)19-15-21(16-9-3-1-4-10-16)23-20-14-8-7-13-18(19)20/h1-15,25H,(H,24,26). The number of carbonyl (C=O) groups is 1. The lowest BCUT2D eigenvalue weighted by atomic mass is 10.0. The molecule has 0 radical (unpaired) electrons. The lowest BCUT2D eigenvalue weighted by molar-refractivity contribution is 0.0946. The second kappa shape index (κ2) is 7.83. The number of aromatic nitrogens is 1. The van der Waals surface area contributed by atoms with Crippen LogP contribution in [0.25, 0.3) is 22.2 Å². The van der Waals surface area contributed by atoms with E-state index in [-0.39, 0.29) is 4.90 Å². The van der Waals surface area contributed by atoms with Crippen molar-refractivity contribution in [3.05, 3.63) is 96.6 Å². The molecule has 0 saturated heterocycles. The summed E-state index contributed by atoms with van der Waals surface area (Å²) in [5.41, 5.74) is 4.76. The number of hydrazine groups is 1. The van der Waals surface area contributed by atoms with Gasteiger partial charge in [0.05, 0.1) is 21.7 Å². The van der Waals surface area contributed by atoms with Crippen LogP contribution in [0.5, 0.6) is 0 Å². The van der Waals surface area contributed by atoms with Gasteiger partial charge in [-0.25, -0.2) is 13.4 Å². The molecule has 0 saturated carbocycles. The van der Waals surface area contributed by atoms with Crippen LogP contribution in [0.2, 0.25) is 0 Å². The van der Waals surface area contributed by atoms with Crippen molar-refractivity contribution >= 4 is 26.8 Å². The highest BCUT2D eigenvalue weighted by molar-refractivity contribution is 7.89. The molecule has 1 heterocycles. The summed E-state index contributed by atoms with van der Waals surface area (Å²) in [6.07, 6.45) is 0. The van der Waals surface area contributed by atoms with E-state index in [1.165, 1.54) is 12.1 Å². The number of fused-ring (bicyclic) bond motifs is 1. The molecule has 0 bridgehead atoms. The first-order valence-corrected chi connectivity index (χ1v) is 10.4. The third-order valence-electron chi connectivity index (χ3n) is 4.38. The number of sulfonamides is 1. The van der Waals surface area contributed by atoms with Gasteiger partial charge in [-0.1, -0.05) is 66.7 Å². The summed E-state index contributed by atoms with van der Waals surface area (Å²) in [4.78, 5) is 19.7. The molecule has 0 aliphatic heterocycles. The van der Waals surface area contributed by atoms with E-state index in [0.29, 0.717) is 22.2 Å². The van der Waals surface area contributed by atoms with Crippen LogP contribution in [-0.4, -0.2) is 19.3 Å². The molecule has 4 rings (SSSR count). The van der Waals surface area contributed by atoms with Crippen LogP contribution >= 0.6 is 0 Å². The first kappa shape index (κ1) is 18.8. The molecule has 6 nitrogen and oxygen atoms in total. The number of pyridine rings is 1. The van der Waals surface area contributed by atoms with Crippen molar-refractivity contribution < 1.29 is 13.2 Å². The summed E-state index contributed by atoms with van der Waals surface area (Å²) >= 11 is 0. The molecule has 1 amide bonds. The summed E-state index contributed by atoms with van der Waals surface area (Å²) in [7, 11) is -3.88. The number of hydrogen-bond acceptors (Lipinski definition) is 4. The Morgan fingerprint density at radius 3 is 2.14 bits per heavy atom. The van der Waals surface area contributed by atoms with Crippen molar-refractivity contribution in [2.45, 2.75) is 4.90 Å². The van der Waals surface area contributed by atoms with Gasteiger partial charge in [0, 0.05) is 10.9 Å². The molecule has 4 aromatic rings. The Bertz CT molecular complexity index is 1270. The van der Waals surface area contributed by atoms with Gasteiger partial charge in [0.25, 0.3) is 15.9 Å². The van der Waals surface area contributed by atoms with Crippen LogP contribution in [0.4, 0.5) is 0 Å². The van der Waals surface area contributed by atoms with Crippen molar-refractivity contribution in [2.24, 2.45) is 0 Å². The van der Waals surface area contributed by atoms with Crippen LogP contribution in [0, 0.1) is 0 Å². The molecule has 29 heavy (non-hydrogen) atoms. The fraction of sp³-hybridized carbons (Fsp3) is 0. The Morgan fingerprint density at radius 2 is 1.41 bits per heavy atom. The number of nitrogens with zero attached hydrogens (tertiary/aromatic N) is 1. The van der Waals surface area contributed by atoms with Gasteiger partial charge in [0.2, 0.25) is 0 Å². The van der Waals surface area contributed by atoms with Gasteiger partial charge in [0.15, 0.2) is 0 Å². The minimum absolute atomic E-state index is 0.0601. The monoisotopic (exact) mass is 403 g/mol. The van der Waals surface area contributed by atoms with E-state index < -0.39 is 15.9 Å². The van der Waals surface area contributed by atoms with Crippen LogP contribution in [0.15, 0.2) is 95.9 Å². The van der Waals surface area contributed by atoms with Crippen molar-refractivity contribution in [1.29, 1.82) is 0 Å². The van der Waals surface area contributed by atoms with E-state index >= 15 is 0 Å². The lowest BCUT2D eigenvalue weighted by Crippen LogP contribution is -2.41. The van der Waals surface area contributed by atoms with Crippen molar-refractivity contribution in [1.82, 2.24) is 15.2 Å². The van der Waals surface area contributed by atoms with Crippen molar-refractivity contribution in [3.8, 4) is 11.3 Å². The summed E-state index contributed by atoms with van der Waals surface area (Å²) in [5.74, 6) is -0.569. The zero-order valence-corrected chi connectivity index (χ0v) is 16.1. The third kappa shape index (κ3) is 4.01. The summed E-state index contributed by atoms with van der Waals surface area (Å²) in [5, 5.41) is 0.628. The largest absolute Gasteiger partial charge is 0.273 e. The highest BCUT2D eigenvalue weighted by Crippen LogP contribution is 2.24. The number of rotatable bonds is 5. The van der Waals surface area contributed by atoms with Crippen molar-refractivity contribution in [2.75, 3.05) is 0 Å². The Balaban J connectivity index is 1.68. The first-order valence-electron chi connectivity index (χ1n) is 8.87. The number of para-hydroxylation sites is 1. The lowest BCUT2D eigenvalue weighted by Gasteiger charge is -2.12. The van der Waals surface area contributed by atoms with Gasteiger partial charge in [0.1, 0.15) is 0 Å². The fourth-order valence-corrected chi connectivity index (χ4v) is 3.82. The Labute approximate surface area is 168 Å². The number of nitrogens with one attached hydrogen (secondary N) is 2. The molecule has 2 N–H and O–H groups in total. The average Bonchev–Trinajstić information content (AvgIpc) is 2.78. The van der Waals surface area contributed by atoms with Crippen LogP contribution in [0.1, 0.15) is 10.4 Å². The number of benzene rings is 3. The average molecular weight is 403 g/mol. The van der Waals surface area contributed by atoms with Gasteiger partial charge in [-0.05, 0) is 24.3 Å². The molecule has 0 atom stereocenters. The van der Waals surface area contributed by atoms with E-state index in [9.17, 15) is 13.2 Å². The Morgan fingerprint density at radius 1 is 0.793 bits per heavy atom. The zero-order chi connectivity index (χ0) is 20.3. The maximum absolute atomic E-state index is 12.9. The topological polar surface area (TPSA) is 88.2 Å². The molecule has 0 spiro atoms. The maximum atomic E-state index is 12.9. The van der Waals surface area contributed by atoms with Gasteiger partial charge in [-0.3, -0.25) is 10.2 Å². The van der Waals surface area contributed by atoms with Crippen LogP contribution < -0.4 is 10.3 Å². The van der Waals surface area contributed by atoms with Gasteiger partial charge in [-0.2, -0.15) is 0 Å². The minimum atomic E-state index is -3.88. The quantitative estimate of drug-likeness (QED) is 0.499. The second-order valence-electron chi connectivity index (χ2n) is 6.31. The SMILES string of the molecule is O=C(NNS(=O)(=O)c1ccccc1)c1cc(-c2ccccc2)nc2ccccc12. The second-order valence-corrected chi connectivity index (χ2v) is 7.99. The molecule has 1 aromatic heterocycles. The molecule has 0 aliphatic rings. The van der Waals surface area contributed by atoms with Crippen LogP contribution in [-0.2, 0) is 10.0 Å².